The van der Waals surface area contributed by atoms with E-state index in [-0.39, 0.29) is 12.5 Å². The van der Waals surface area contributed by atoms with Gasteiger partial charge in [-0.15, -0.1) is 0 Å². The van der Waals surface area contributed by atoms with Gasteiger partial charge in [-0.1, -0.05) is 368 Å². The molecule has 0 aliphatic carbocycles. The molecular weight excluding hydrogens is 1140 g/mol. The molecule has 0 radical (unpaired) electrons. The Morgan fingerprint density at radius 3 is 1.02 bits per heavy atom. The summed E-state index contributed by atoms with van der Waals surface area (Å²) in [6.07, 6.45) is 104. The first kappa shape index (κ1) is 88.4. The Morgan fingerprint density at radius 2 is 0.681 bits per heavy atom. The number of carbonyl (C=O) groups is 1. The van der Waals surface area contributed by atoms with E-state index < -0.39 is 26.6 Å². The van der Waals surface area contributed by atoms with Gasteiger partial charge < -0.3 is 28.8 Å². The maximum absolute atomic E-state index is 13.1. The highest BCUT2D eigenvalue weighted by atomic mass is 31.2. The average molecular weight is 1290 g/mol. The topological polar surface area (TPSA) is 108 Å². The summed E-state index contributed by atoms with van der Waals surface area (Å²) < 4.78 is 23.5. The Hall–Kier alpha value is -2.58. The van der Waals surface area contributed by atoms with Gasteiger partial charge in [0.25, 0.3) is 7.82 Å². The van der Waals surface area contributed by atoms with Crippen molar-refractivity contribution in [3.8, 4) is 0 Å². The van der Waals surface area contributed by atoms with E-state index in [1.165, 1.54) is 270 Å². The van der Waals surface area contributed by atoms with E-state index >= 15 is 0 Å². The molecule has 0 bridgehead atoms. The number of nitrogens with one attached hydrogen (secondary N) is 1. The van der Waals surface area contributed by atoms with Crippen molar-refractivity contribution in [3.63, 3.8) is 0 Å². The van der Waals surface area contributed by atoms with Gasteiger partial charge in [-0.25, -0.2) is 0 Å². The molecule has 0 saturated carbocycles. The third kappa shape index (κ3) is 74.7. The predicted octanol–water partition coefficient (Wildman–Crippen LogP) is 25.0. The number of phosphoric ester groups is 1. The fourth-order valence-corrected chi connectivity index (χ4v) is 12.2. The Balaban J connectivity index is 3.99. The highest BCUT2D eigenvalue weighted by molar-refractivity contribution is 7.45. The van der Waals surface area contributed by atoms with Crippen molar-refractivity contribution in [1.29, 1.82) is 0 Å². The van der Waals surface area contributed by atoms with Crippen molar-refractivity contribution in [1.82, 2.24) is 5.32 Å². The van der Waals surface area contributed by atoms with Crippen LogP contribution in [0.15, 0.2) is 97.2 Å². The molecule has 0 aromatic heterocycles. The monoisotopic (exact) mass is 1290 g/mol. The molecule has 9 heteroatoms. The van der Waals surface area contributed by atoms with Gasteiger partial charge in [-0.05, 0) is 89.9 Å². The first-order valence-electron chi connectivity index (χ1n) is 39.1. The van der Waals surface area contributed by atoms with Gasteiger partial charge in [0, 0.05) is 6.42 Å². The molecule has 2 N–H and O–H groups in total. The van der Waals surface area contributed by atoms with Gasteiger partial charge in [-0.2, -0.15) is 0 Å². The lowest BCUT2D eigenvalue weighted by Gasteiger charge is -2.29. The third-order valence-corrected chi connectivity index (χ3v) is 18.5. The molecule has 530 valence electrons. The quantitative estimate of drug-likeness (QED) is 0.0272. The molecule has 0 spiro atoms. The molecule has 0 aromatic rings. The summed E-state index contributed by atoms with van der Waals surface area (Å²) in [5, 5.41) is 14.0. The standard InChI is InChI=1S/C82H151N2O6P/c1-6-8-10-12-14-16-18-20-22-24-26-28-30-32-34-36-37-38-39-40-41-42-43-44-45-46-47-48-50-52-54-56-58-60-62-64-66-68-70-72-74-76-82(86)83-80(79-90-91(87,88)89-78-77-84(3,4)5)81(85)75-73-71-69-67-65-63-61-59-57-55-53-51-49-35-33-31-29-27-25-23-21-19-17-15-13-11-9-7-2/h8,10,14,16,20,22,26,28,32,34,57,59,65,67,73,75,80-81,85H,6-7,9,11-13,15,17-19,21,23-25,27,29-31,33,35-56,58,60-64,66,68-72,74,76-79H2,1-5H3,(H-,83,86,87,88)/b10-8-,16-14-,22-20-,28-26-,34-32-,59-57+,67-65+,75-73+. The number of hydrogen-bond acceptors (Lipinski definition) is 6. The number of aliphatic hydroxyl groups excluding tert-OH is 1. The first-order chi connectivity index (χ1) is 44.5. The highest BCUT2D eigenvalue weighted by Gasteiger charge is 2.23. The summed E-state index contributed by atoms with van der Waals surface area (Å²) in [5.41, 5.74) is 0. The van der Waals surface area contributed by atoms with Crippen LogP contribution in [0, 0.1) is 0 Å². The van der Waals surface area contributed by atoms with E-state index in [1.807, 2.05) is 27.2 Å². The number of unbranched alkanes of at least 4 members (excludes halogenated alkanes) is 45. The van der Waals surface area contributed by atoms with Crippen molar-refractivity contribution in [3.05, 3.63) is 97.2 Å². The Labute approximate surface area is 566 Å². The van der Waals surface area contributed by atoms with Crippen LogP contribution in [-0.4, -0.2) is 68.5 Å². The van der Waals surface area contributed by atoms with Gasteiger partial charge in [0.1, 0.15) is 13.2 Å². The number of likely N-dealkylation sites (N-methyl/N-ethyl adjacent to an activating group) is 1. The van der Waals surface area contributed by atoms with Gasteiger partial charge in [0.2, 0.25) is 5.91 Å². The maximum Gasteiger partial charge on any atom is 0.268 e. The number of amides is 1. The number of rotatable bonds is 72. The average Bonchev–Trinajstić information content (AvgIpc) is 3.59. The summed E-state index contributed by atoms with van der Waals surface area (Å²) in [6, 6.07) is -0.914. The molecule has 8 nitrogen and oxygen atoms in total. The van der Waals surface area contributed by atoms with Crippen molar-refractivity contribution in [2.45, 2.75) is 379 Å². The summed E-state index contributed by atoms with van der Waals surface area (Å²) in [6.45, 7) is 4.55. The predicted molar refractivity (Wildman–Crippen MR) is 399 cm³/mol. The molecule has 0 saturated heterocycles. The lowest BCUT2D eigenvalue weighted by atomic mass is 10.0. The molecule has 0 fully saturated rings. The van der Waals surface area contributed by atoms with Crippen LogP contribution < -0.4 is 10.2 Å². The molecule has 0 aliphatic heterocycles. The van der Waals surface area contributed by atoms with E-state index in [4.69, 9.17) is 9.05 Å². The molecular formula is C82H151N2O6P. The van der Waals surface area contributed by atoms with E-state index in [0.29, 0.717) is 17.4 Å². The second-order valence-corrected chi connectivity index (χ2v) is 29.1. The Bertz CT molecular complexity index is 1810. The molecule has 0 rings (SSSR count). The van der Waals surface area contributed by atoms with Crippen LogP contribution in [0.4, 0.5) is 0 Å². The van der Waals surface area contributed by atoms with Crippen molar-refractivity contribution < 1.29 is 32.9 Å². The van der Waals surface area contributed by atoms with Crippen LogP contribution in [0.25, 0.3) is 0 Å². The number of carbonyl (C=O) groups excluding carboxylic acids is 1. The van der Waals surface area contributed by atoms with Gasteiger partial charge in [0.05, 0.1) is 39.9 Å². The molecule has 91 heavy (non-hydrogen) atoms. The number of nitrogens with zero attached hydrogens (tertiary/aromatic N) is 1. The minimum Gasteiger partial charge on any atom is -0.756 e. The summed E-state index contributed by atoms with van der Waals surface area (Å²) >= 11 is 0. The first-order valence-corrected chi connectivity index (χ1v) is 40.6. The smallest absolute Gasteiger partial charge is 0.268 e. The van der Waals surface area contributed by atoms with Gasteiger partial charge in [0.15, 0.2) is 0 Å². The van der Waals surface area contributed by atoms with Crippen LogP contribution in [0.5, 0.6) is 0 Å². The molecule has 3 unspecified atom stereocenters. The number of hydrogen-bond donors (Lipinski definition) is 2. The second kappa shape index (κ2) is 71.7. The maximum atomic E-state index is 13.1. The zero-order valence-electron chi connectivity index (χ0n) is 60.8. The molecule has 1 amide bonds. The summed E-state index contributed by atoms with van der Waals surface area (Å²) in [5.74, 6) is -0.206. The van der Waals surface area contributed by atoms with Crippen LogP contribution in [0.2, 0.25) is 0 Å². The zero-order valence-corrected chi connectivity index (χ0v) is 61.7. The fourth-order valence-electron chi connectivity index (χ4n) is 11.5. The highest BCUT2D eigenvalue weighted by Crippen LogP contribution is 2.38. The SMILES string of the molecule is CC/C=C\C/C=C\C/C=C\C/C=C\C/C=C\CCCCCCCCCCCCCCCCCCCCCCCCCCCC(=O)NC(COP(=O)([O-])OCC[N+](C)(C)C)C(O)/C=C/CC/C=C/CC/C=C/CCCCCCCCCCCCCCCCCCCC. The van der Waals surface area contributed by atoms with E-state index in [1.54, 1.807) is 6.08 Å². The number of allylic oxidation sites excluding steroid dienone is 15. The lowest BCUT2D eigenvalue weighted by Crippen LogP contribution is -2.45. The minimum atomic E-state index is -4.62. The third-order valence-electron chi connectivity index (χ3n) is 17.5. The number of aliphatic hydroxyl groups is 1. The van der Waals surface area contributed by atoms with E-state index in [0.717, 1.165) is 77.0 Å². The van der Waals surface area contributed by atoms with Crippen LogP contribution in [-0.2, 0) is 18.4 Å². The largest absolute Gasteiger partial charge is 0.756 e. The summed E-state index contributed by atoms with van der Waals surface area (Å²) in [4.78, 5) is 25.7. The van der Waals surface area contributed by atoms with Gasteiger partial charge >= 0.3 is 0 Å². The Morgan fingerprint density at radius 1 is 0.396 bits per heavy atom. The van der Waals surface area contributed by atoms with Crippen molar-refractivity contribution in [2.24, 2.45) is 0 Å². The molecule has 0 aromatic carbocycles. The van der Waals surface area contributed by atoms with Crippen molar-refractivity contribution in [2.75, 3.05) is 40.9 Å². The number of quaternary nitrogens is 1. The lowest BCUT2D eigenvalue weighted by molar-refractivity contribution is -0.870. The van der Waals surface area contributed by atoms with E-state index in [2.05, 4.69) is 104 Å². The van der Waals surface area contributed by atoms with E-state index in [9.17, 15) is 19.4 Å². The molecule has 0 heterocycles. The normalized spacial score (nSPS) is 14.1. The van der Waals surface area contributed by atoms with Crippen molar-refractivity contribution >= 4 is 13.7 Å². The number of phosphoric acid groups is 1. The zero-order chi connectivity index (χ0) is 66.2. The molecule has 0 aliphatic rings. The fraction of sp³-hybridized carbons (Fsp3) is 0.793. The summed E-state index contributed by atoms with van der Waals surface area (Å²) in [7, 11) is 1.24. The van der Waals surface area contributed by atoms with Crippen LogP contribution in [0.3, 0.4) is 0 Å². The molecule has 3 atom stereocenters. The van der Waals surface area contributed by atoms with Crippen LogP contribution in [0.1, 0.15) is 367 Å². The van der Waals surface area contributed by atoms with Crippen LogP contribution >= 0.6 is 7.82 Å². The minimum absolute atomic E-state index is 0.00980. The Kier molecular flexibility index (Phi) is 69.7. The second-order valence-electron chi connectivity index (χ2n) is 27.7. The van der Waals surface area contributed by atoms with Gasteiger partial charge in [-0.3, -0.25) is 9.36 Å².